The molecule has 82 valence electrons. The van der Waals surface area contributed by atoms with Gasteiger partial charge in [0, 0.05) is 19.1 Å². The zero-order chi connectivity index (χ0) is 10.9. The van der Waals surface area contributed by atoms with E-state index in [0.717, 1.165) is 0 Å². The second-order valence-electron chi connectivity index (χ2n) is 4.03. The van der Waals surface area contributed by atoms with E-state index in [1.54, 1.807) is 13.8 Å². The third-order valence-electron chi connectivity index (χ3n) is 2.75. The molecule has 0 aliphatic carbocycles. The van der Waals surface area contributed by atoms with Gasteiger partial charge in [0.05, 0.1) is 18.1 Å². The summed E-state index contributed by atoms with van der Waals surface area (Å²) in [4.78, 5) is 13.2. The molecule has 0 bridgehead atoms. The van der Waals surface area contributed by atoms with Gasteiger partial charge in [-0.25, -0.2) is 0 Å². The molecule has 14 heavy (non-hydrogen) atoms. The Morgan fingerprint density at radius 1 is 1.36 bits per heavy atom. The van der Waals surface area contributed by atoms with E-state index < -0.39 is 12.2 Å². The first-order chi connectivity index (χ1) is 6.43. The average Bonchev–Trinajstić information content (AvgIpc) is 2.44. The highest BCUT2D eigenvalue weighted by Gasteiger charge is 2.34. The smallest absolute Gasteiger partial charge is 0.227 e. The van der Waals surface area contributed by atoms with Crippen molar-refractivity contribution < 1.29 is 15.0 Å². The van der Waals surface area contributed by atoms with Crippen molar-refractivity contribution in [3.05, 3.63) is 0 Å². The summed E-state index contributed by atoms with van der Waals surface area (Å²) in [6, 6.07) is -0.211. The van der Waals surface area contributed by atoms with Gasteiger partial charge in [-0.05, 0) is 6.92 Å². The topological polar surface area (TPSA) is 86.8 Å². The molecule has 1 aliphatic rings. The first kappa shape index (κ1) is 11.4. The van der Waals surface area contributed by atoms with Gasteiger partial charge in [-0.3, -0.25) is 4.79 Å². The Hall–Kier alpha value is -0.650. The summed E-state index contributed by atoms with van der Waals surface area (Å²) in [7, 11) is 0. The molecule has 1 rings (SSSR count). The Labute approximate surface area is 83.5 Å². The van der Waals surface area contributed by atoms with Crippen molar-refractivity contribution in [2.75, 3.05) is 13.1 Å². The standard InChI is InChI=1S/C9H18N2O3/c1-5(6(2)10)9(14)11-3-7(12)8(13)4-11/h5-8,12-13H,3-4,10H2,1-2H3/t5?,6?,7-,8+. The summed E-state index contributed by atoms with van der Waals surface area (Å²) in [5, 5.41) is 18.5. The molecule has 0 saturated carbocycles. The molecule has 1 amide bonds. The Morgan fingerprint density at radius 3 is 2.14 bits per heavy atom. The predicted octanol–water partition coefficient (Wildman–Crippen LogP) is -1.47. The number of aliphatic hydroxyl groups excluding tert-OH is 2. The van der Waals surface area contributed by atoms with Crippen molar-refractivity contribution in [3.8, 4) is 0 Å². The number of likely N-dealkylation sites (tertiary alicyclic amines) is 1. The number of β-amino-alcohol motifs (C(OH)–C–C–N with tert-alkyl or cyclic N) is 2. The third kappa shape index (κ3) is 2.23. The second-order valence-corrected chi connectivity index (χ2v) is 4.03. The van der Waals surface area contributed by atoms with Crippen LogP contribution in [0.25, 0.3) is 0 Å². The number of carbonyl (C=O) groups excluding carboxylic acids is 1. The van der Waals surface area contributed by atoms with Crippen LogP contribution in [0.5, 0.6) is 0 Å². The normalized spacial score (nSPS) is 31.6. The van der Waals surface area contributed by atoms with Gasteiger partial charge in [0.15, 0.2) is 0 Å². The van der Waals surface area contributed by atoms with E-state index in [2.05, 4.69) is 0 Å². The Morgan fingerprint density at radius 2 is 1.79 bits per heavy atom. The lowest BCUT2D eigenvalue weighted by Crippen LogP contribution is -2.41. The Balaban J connectivity index is 2.55. The van der Waals surface area contributed by atoms with E-state index in [1.807, 2.05) is 0 Å². The maximum Gasteiger partial charge on any atom is 0.227 e. The molecular weight excluding hydrogens is 184 g/mol. The lowest BCUT2D eigenvalue weighted by atomic mass is 10.0. The monoisotopic (exact) mass is 202 g/mol. The van der Waals surface area contributed by atoms with Crippen molar-refractivity contribution >= 4 is 5.91 Å². The van der Waals surface area contributed by atoms with Crippen molar-refractivity contribution in [1.82, 2.24) is 4.90 Å². The summed E-state index contributed by atoms with van der Waals surface area (Å²) in [5.41, 5.74) is 5.60. The van der Waals surface area contributed by atoms with Gasteiger partial charge in [-0.2, -0.15) is 0 Å². The number of aliphatic hydroxyl groups is 2. The summed E-state index contributed by atoms with van der Waals surface area (Å²) < 4.78 is 0. The molecule has 5 nitrogen and oxygen atoms in total. The van der Waals surface area contributed by atoms with Crippen LogP contribution >= 0.6 is 0 Å². The maximum absolute atomic E-state index is 11.7. The van der Waals surface area contributed by atoms with Crippen LogP contribution in [-0.2, 0) is 4.79 Å². The largest absolute Gasteiger partial charge is 0.388 e. The first-order valence-corrected chi connectivity index (χ1v) is 4.84. The molecule has 1 heterocycles. The molecule has 0 spiro atoms. The lowest BCUT2D eigenvalue weighted by molar-refractivity contribution is -0.134. The highest BCUT2D eigenvalue weighted by Crippen LogP contribution is 2.14. The van der Waals surface area contributed by atoms with Crippen LogP contribution in [0.1, 0.15) is 13.8 Å². The number of hydrogen-bond donors (Lipinski definition) is 3. The molecule has 0 radical (unpaired) electrons. The van der Waals surface area contributed by atoms with E-state index in [0.29, 0.717) is 0 Å². The number of amides is 1. The molecule has 1 aliphatic heterocycles. The van der Waals surface area contributed by atoms with Crippen LogP contribution in [0.3, 0.4) is 0 Å². The van der Waals surface area contributed by atoms with Crippen molar-refractivity contribution in [2.45, 2.75) is 32.1 Å². The van der Waals surface area contributed by atoms with E-state index >= 15 is 0 Å². The number of nitrogens with two attached hydrogens (primary N) is 1. The fourth-order valence-corrected chi connectivity index (χ4v) is 1.46. The number of hydrogen-bond acceptors (Lipinski definition) is 4. The van der Waals surface area contributed by atoms with E-state index in [1.165, 1.54) is 4.90 Å². The van der Waals surface area contributed by atoms with Gasteiger partial charge in [-0.1, -0.05) is 6.92 Å². The van der Waals surface area contributed by atoms with Crippen LogP contribution in [0, 0.1) is 5.92 Å². The van der Waals surface area contributed by atoms with Gasteiger partial charge in [0.25, 0.3) is 0 Å². The molecule has 5 heteroatoms. The number of nitrogens with zero attached hydrogens (tertiary/aromatic N) is 1. The molecule has 4 N–H and O–H groups in total. The van der Waals surface area contributed by atoms with Crippen LogP contribution in [0.4, 0.5) is 0 Å². The molecule has 1 fully saturated rings. The molecule has 0 aromatic carbocycles. The SMILES string of the molecule is CC(N)C(C)C(=O)N1C[C@@H](O)[C@@H](O)C1. The van der Waals surface area contributed by atoms with Crippen LogP contribution in [0.15, 0.2) is 0 Å². The zero-order valence-electron chi connectivity index (χ0n) is 8.55. The van der Waals surface area contributed by atoms with Crippen molar-refractivity contribution in [3.63, 3.8) is 0 Å². The van der Waals surface area contributed by atoms with Gasteiger partial charge in [-0.15, -0.1) is 0 Å². The fraction of sp³-hybridized carbons (Fsp3) is 0.889. The molecule has 1 saturated heterocycles. The second kappa shape index (κ2) is 4.25. The quantitative estimate of drug-likeness (QED) is 0.510. The first-order valence-electron chi connectivity index (χ1n) is 4.84. The van der Waals surface area contributed by atoms with Gasteiger partial charge < -0.3 is 20.8 Å². The summed E-state index contributed by atoms with van der Waals surface area (Å²) >= 11 is 0. The lowest BCUT2D eigenvalue weighted by Gasteiger charge is -2.22. The molecule has 0 aromatic rings. The Bertz CT molecular complexity index is 210. The molecule has 4 atom stereocenters. The molecular formula is C9H18N2O3. The van der Waals surface area contributed by atoms with Gasteiger partial charge >= 0.3 is 0 Å². The van der Waals surface area contributed by atoms with E-state index in [4.69, 9.17) is 5.73 Å². The highest BCUT2D eigenvalue weighted by molar-refractivity contribution is 5.79. The summed E-state index contributed by atoms with van der Waals surface area (Å²) in [5.74, 6) is -0.372. The molecule has 2 unspecified atom stereocenters. The van der Waals surface area contributed by atoms with E-state index in [-0.39, 0.29) is 31.0 Å². The van der Waals surface area contributed by atoms with Crippen LogP contribution in [-0.4, -0.2) is 52.4 Å². The third-order valence-corrected chi connectivity index (χ3v) is 2.75. The number of rotatable bonds is 2. The minimum Gasteiger partial charge on any atom is -0.388 e. The van der Waals surface area contributed by atoms with Crippen LogP contribution < -0.4 is 5.73 Å². The average molecular weight is 202 g/mol. The summed E-state index contributed by atoms with van der Waals surface area (Å²) in [6.45, 7) is 3.93. The van der Waals surface area contributed by atoms with Gasteiger partial charge in [0.1, 0.15) is 0 Å². The maximum atomic E-state index is 11.7. The minimum absolute atomic E-state index is 0.101. The number of carbonyl (C=O) groups is 1. The zero-order valence-corrected chi connectivity index (χ0v) is 8.55. The minimum atomic E-state index is -0.820. The van der Waals surface area contributed by atoms with Crippen LogP contribution in [0.2, 0.25) is 0 Å². The summed E-state index contributed by atoms with van der Waals surface area (Å²) in [6.07, 6.45) is -1.64. The fourth-order valence-electron chi connectivity index (χ4n) is 1.46. The van der Waals surface area contributed by atoms with Crippen molar-refractivity contribution in [2.24, 2.45) is 11.7 Å². The highest BCUT2D eigenvalue weighted by atomic mass is 16.3. The van der Waals surface area contributed by atoms with Crippen molar-refractivity contribution in [1.29, 1.82) is 0 Å². The van der Waals surface area contributed by atoms with Gasteiger partial charge in [0.2, 0.25) is 5.91 Å². The van der Waals surface area contributed by atoms with E-state index in [9.17, 15) is 15.0 Å². The molecule has 0 aromatic heterocycles. The predicted molar refractivity (Wildman–Crippen MR) is 51.4 cm³/mol. The Kier molecular flexibility index (Phi) is 3.47.